The van der Waals surface area contributed by atoms with Crippen molar-refractivity contribution < 1.29 is 44.0 Å². The second-order valence-electron chi connectivity index (χ2n) is 9.17. The molecule has 204 valence electrons. The number of esters is 2. The molecule has 0 heterocycles. The maximum Gasteiger partial charge on any atom is 0.314 e. The first-order chi connectivity index (χ1) is 16.5. The fourth-order valence-corrected chi connectivity index (χ4v) is 3.31. The zero-order valence-corrected chi connectivity index (χ0v) is 21.8. The summed E-state index contributed by atoms with van der Waals surface area (Å²) in [5.41, 5.74) is 0. The van der Waals surface area contributed by atoms with Crippen molar-refractivity contribution in [1.29, 1.82) is 0 Å². The summed E-state index contributed by atoms with van der Waals surface area (Å²) < 4.78 is 4.15. The molecule has 0 saturated carbocycles. The zero-order valence-electron chi connectivity index (χ0n) is 21.8. The minimum absolute atomic E-state index is 0.168. The van der Waals surface area contributed by atoms with E-state index >= 15 is 0 Å². The standard InChI is InChI=1S/C18H36O2.C8H10O7/c1-4-5-10-13-16(2)14-11-8-6-7-9-12-15-17(3)18(19)20;9-5(10)1-3-7(13)15-8(14)4-2-6(11)12/h16-17H,4-15H2,1-3H3,(H,19,20);1-4H2,(H,9,10)(H,11,12). The van der Waals surface area contributed by atoms with Crippen LogP contribution in [0.15, 0.2) is 0 Å². The van der Waals surface area contributed by atoms with Crippen LogP contribution in [0.25, 0.3) is 0 Å². The topological polar surface area (TPSA) is 155 Å². The monoisotopic (exact) mass is 502 g/mol. The van der Waals surface area contributed by atoms with Gasteiger partial charge in [-0.15, -0.1) is 0 Å². The van der Waals surface area contributed by atoms with E-state index in [1.807, 2.05) is 6.92 Å². The molecule has 0 aliphatic heterocycles. The van der Waals surface area contributed by atoms with Crippen molar-refractivity contribution in [3.8, 4) is 0 Å². The van der Waals surface area contributed by atoms with Crippen molar-refractivity contribution in [2.24, 2.45) is 11.8 Å². The van der Waals surface area contributed by atoms with Gasteiger partial charge in [0.25, 0.3) is 0 Å². The number of hydrogen-bond acceptors (Lipinski definition) is 6. The highest BCUT2D eigenvalue weighted by Crippen LogP contribution is 2.18. The molecule has 0 radical (unpaired) electrons. The van der Waals surface area contributed by atoms with E-state index in [0.29, 0.717) is 0 Å². The van der Waals surface area contributed by atoms with Gasteiger partial charge in [0, 0.05) is 0 Å². The minimum Gasteiger partial charge on any atom is -0.481 e. The number of hydrogen-bond donors (Lipinski definition) is 3. The van der Waals surface area contributed by atoms with Crippen LogP contribution in [0.2, 0.25) is 0 Å². The number of carbonyl (C=O) groups excluding carboxylic acids is 2. The SMILES string of the molecule is CCCCCC(C)CCCCCCCCC(C)C(=O)O.O=C(O)CCC(=O)OC(=O)CCC(=O)O. The number of ether oxygens (including phenoxy) is 1. The maximum atomic E-state index is 10.7. The number of aliphatic carboxylic acids is 3. The third-order valence-electron chi connectivity index (χ3n) is 5.62. The van der Waals surface area contributed by atoms with Crippen molar-refractivity contribution in [1.82, 2.24) is 0 Å². The molecule has 9 nitrogen and oxygen atoms in total. The molecular formula is C26H46O9. The summed E-state index contributed by atoms with van der Waals surface area (Å²) in [6, 6.07) is 0. The Bertz CT molecular complexity index is 588. The Balaban J connectivity index is 0. The van der Waals surface area contributed by atoms with Crippen LogP contribution in [0.3, 0.4) is 0 Å². The van der Waals surface area contributed by atoms with E-state index in [9.17, 15) is 24.0 Å². The predicted octanol–water partition coefficient (Wildman–Crippen LogP) is 5.83. The fraction of sp³-hybridized carbons (Fsp3) is 0.808. The lowest BCUT2D eigenvalue weighted by molar-refractivity contribution is -0.162. The summed E-state index contributed by atoms with van der Waals surface area (Å²) in [5, 5.41) is 25.2. The van der Waals surface area contributed by atoms with Gasteiger partial charge >= 0.3 is 29.8 Å². The molecule has 0 rings (SSSR count). The molecule has 2 unspecified atom stereocenters. The molecule has 0 aromatic heterocycles. The van der Waals surface area contributed by atoms with Crippen LogP contribution in [0.1, 0.15) is 124 Å². The van der Waals surface area contributed by atoms with Gasteiger partial charge in [0.1, 0.15) is 0 Å². The van der Waals surface area contributed by atoms with Crippen LogP contribution in [0, 0.1) is 11.8 Å². The Kier molecular flexibility index (Phi) is 23.1. The van der Waals surface area contributed by atoms with Crippen LogP contribution in [-0.2, 0) is 28.7 Å². The number of rotatable bonds is 20. The van der Waals surface area contributed by atoms with Gasteiger partial charge in [0.2, 0.25) is 0 Å². The number of carboxylic acids is 3. The lowest BCUT2D eigenvalue weighted by Gasteiger charge is -2.10. The Labute approximate surface area is 209 Å². The van der Waals surface area contributed by atoms with Gasteiger partial charge in [-0.3, -0.25) is 24.0 Å². The van der Waals surface area contributed by atoms with Gasteiger partial charge in [-0.1, -0.05) is 91.4 Å². The number of unbranched alkanes of at least 4 members (excludes halogenated alkanes) is 7. The van der Waals surface area contributed by atoms with Gasteiger partial charge in [0.05, 0.1) is 31.6 Å². The van der Waals surface area contributed by atoms with Crippen molar-refractivity contribution in [2.45, 2.75) is 124 Å². The lowest BCUT2D eigenvalue weighted by Crippen LogP contribution is -2.14. The van der Waals surface area contributed by atoms with Crippen LogP contribution in [0.5, 0.6) is 0 Å². The first-order valence-electron chi connectivity index (χ1n) is 12.9. The summed E-state index contributed by atoms with van der Waals surface area (Å²) in [7, 11) is 0. The van der Waals surface area contributed by atoms with E-state index in [-0.39, 0.29) is 5.92 Å². The van der Waals surface area contributed by atoms with Gasteiger partial charge in [-0.2, -0.15) is 0 Å². The van der Waals surface area contributed by atoms with Crippen LogP contribution < -0.4 is 0 Å². The second kappa shape index (κ2) is 23.3. The first-order valence-corrected chi connectivity index (χ1v) is 12.9. The van der Waals surface area contributed by atoms with E-state index in [1.54, 1.807) is 0 Å². The molecule has 0 aliphatic rings. The number of carbonyl (C=O) groups is 5. The molecule has 0 fully saturated rings. The van der Waals surface area contributed by atoms with E-state index in [0.717, 1.165) is 18.8 Å². The van der Waals surface area contributed by atoms with Gasteiger partial charge in [0.15, 0.2) is 0 Å². The van der Waals surface area contributed by atoms with Crippen LogP contribution in [0.4, 0.5) is 0 Å². The third kappa shape index (κ3) is 27.7. The van der Waals surface area contributed by atoms with Gasteiger partial charge in [-0.05, 0) is 12.3 Å². The van der Waals surface area contributed by atoms with Crippen molar-refractivity contribution >= 4 is 29.8 Å². The highest BCUT2D eigenvalue weighted by atomic mass is 16.6. The third-order valence-corrected chi connectivity index (χ3v) is 5.62. The largest absolute Gasteiger partial charge is 0.481 e. The fourth-order valence-electron chi connectivity index (χ4n) is 3.31. The Morgan fingerprint density at radius 3 is 1.40 bits per heavy atom. The molecule has 0 spiro atoms. The summed E-state index contributed by atoms with van der Waals surface area (Å²) >= 11 is 0. The summed E-state index contributed by atoms with van der Waals surface area (Å²) in [4.78, 5) is 52.2. The molecule has 0 aliphatic carbocycles. The average molecular weight is 503 g/mol. The number of carboxylic acid groups (broad SMARTS) is 3. The Morgan fingerprint density at radius 1 is 0.600 bits per heavy atom. The van der Waals surface area contributed by atoms with Crippen LogP contribution in [-0.4, -0.2) is 45.2 Å². The highest BCUT2D eigenvalue weighted by Gasteiger charge is 2.13. The Morgan fingerprint density at radius 2 is 1.00 bits per heavy atom. The highest BCUT2D eigenvalue weighted by molar-refractivity contribution is 5.88. The summed E-state index contributed by atoms with van der Waals surface area (Å²) in [6.45, 7) is 6.47. The second-order valence-corrected chi connectivity index (χ2v) is 9.17. The maximum absolute atomic E-state index is 10.7. The predicted molar refractivity (Wildman–Crippen MR) is 132 cm³/mol. The molecular weight excluding hydrogens is 456 g/mol. The van der Waals surface area contributed by atoms with E-state index in [1.165, 1.54) is 64.2 Å². The molecule has 0 aromatic carbocycles. The van der Waals surface area contributed by atoms with Gasteiger partial charge < -0.3 is 20.1 Å². The molecule has 2 atom stereocenters. The quantitative estimate of drug-likeness (QED) is 0.106. The Hall–Kier alpha value is -2.45. The molecule has 35 heavy (non-hydrogen) atoms. The zero-order chi connectivity index (χ0) is 27.1. The van der Waals surface area contributed by atoms with Crippen molar-refractivity contribution in [3.63, 3.8) is 0 Å². The van der Waals surface area contributed by atoms with Crippen LogP contribution >= 0.6 is 0 Å². The molecule has 9 heteroatoms. The normalized spacial score (nSPS) is 12.1. The molecule has 0 amide bonds. The smallest absolute Gasteiger partial charge is 0.314 e. The summed E-state index contributed by atoms with van der Waals surface area (Å²) in [5.74, 6) is -4.20. The first kappa shape index (κ1) is 34.7. The van der Waals surface area contributed by atoms with Crippen molar-refractivity contribution in [3.05, 3.63) is 0 Å². The van der Waals surface area contributed by atoms with Gasteiger partial charge in [-0.25, -0.2) is 0 Å². The average Bonchev–Trinajstić information content (AvgIpc) is 2.78. The van der Waals surface area contributed by atoms with E-state index < -0.39 is 55.5 Å². The lowest BCUT2D eigenvalue weighted by atomic mass is 9.96. The molecule has 3 N–H and O–H groups in total. The molecule has 0 bridgehead atoms. The van der Waals surface area contributed by atoms with E-state index in [2.05, 4.69) is 18.6 Å². The molecule has 0 saturated heterocycles. The molecule has 0 aromatic rings. The summed E-state index contributed by atoms with van der Waals surface area (Å²) in [6.07, 6.45) is 13.7. The van der Waals surface area contributed by atoms with Crippen molar-refractivity contribution in [2.75, 3.05) is 0 Å². The van der Waals surface area contributed by atoms with E-state index in [4.69, 9.17) is 15.3 Å². The minimum atomic E-state index is -1.18.